The molecule has 0 radical (unpaired) electrons. The quantitative estimate of drug-likeness (QED) is 0.558. The normalized spacial score (nSPS) is 10.2. The second kappa shape index (κ2) is 6.57. The summed E-state index contributed by atoms with van der Waals surface area (Å²) in [5.41, 5.74) is 0.905. The minimum atomic E-state index is -1.23. The van der Waals surface area contributed by atoms with Gasteiger partial charge in [0.2, 0.25) is 0 Å². The number of phenolic OH excluding ortho intramolecular Hbond substituents is 1. The predicted octanol–water partition coefficient (Wildman–Crippen LogP) is 2.65. The molecular weight excluding hydrogens is 288 g/mol. The fourth-order valence-electron chi connectivity index (χ4n) is 1.98. The van der Waals surface area contributed by atoms with Crippen LogP contribution in [0.4, 0.5) is 11.4 Å². The number of nitro benzene ring substituents is 1. The van der Waals surface area contributed by atoms with Gasteiger partial charge in [0.05, 0.1) is 10.5 Å². The molecule has 0 aliphatic carbocycles. The molecule has 7 heteroatoms. The maximum absolute atomic E-state index is 11.2. The zero-order chi connectivity index (χ0) is 16.1. The van der Waals surface area contributed by atoms with E-state index in [-0.39, 0.29) is 17.0 Å². The Morgan fingerprint density at radius 1 is 1.18 bits per heavy atom. The largest absolute Gasteiger partial charge is 0.508 e. The lowest BCUT2D eigenvalue weighted by Gasteiger charge is -2.09. The van der Waals surface area contributed by atoms with E-state index in [1.165, 1.54) is 12.1 Å². The molecular formula is C15H14N2O5. The fourth-order valence-corrected chi connectivity index (χ4v) is 1.98. The number of hydrogen-bond donors (Lipinski definition) is 3. The van der Waals surface area contributed by atoms with Crippen molar-refractivity contribution in [2.45, 2.75) is 6.42 Å². The van der Waals surface area contributed by atoms with E-state index >= 15 is 0 Å². The molecule has 0 fully saturated rings. The Labute approximate surface area is 126 Å². The van der Waals surface area contributed by atoms with Crippen molar-refractivity contribution in [3.05, 3.63) is 63.7 Å². The Morgan fingerprint density at radius 2 is 1.86 bits per heavy atom. The lowest BCUT2D eigenvalue weighted by atomic mass is 10.1. The van der Waals surface area contributed by atoms with Crippen LogP contribution < -0.4 is 5.32 Å². The average molecular weight is 302 g/mol. The molecule has 2 rings (SSSR count). The first-order valence-corrected chi connectivity index (χ1v) is 6.51. The maximum Gasteiger partial charge on any atom is 0.338 e. The van der Waals surface area contributed by atoms with E-state index in [0.29, 0.717) is 18.7 Å². The molecule has 0 amide bonds. The lowest BCUT2D eigenvalue weighted by molar-refractivity contribution is -0.384. The van der Waals surface area contributed by atoms with Gasteiger partial charge in [-0.2, -0.15) is 0 Å². The lowest BCUT2D eigenvalue weighted by Crippen LogP contribution is -2.10. The number of nitrogens with one attached hydrogen (secondary N) is 1. The number of carboxylic acid groups (broad SMARTS) is 1. The van der Waals surface area contributed by atoms with Gasteiger partial charge in [-0.3, -0.25) is 10.1 Å². The topological polar surface area (TPSA) is 113 Å². The van der Waals surface area contributed by atoms with Gasteiger partial charge in [0.15, 0.2) is 0 Å². The smallest absolute Gasteiger partial charge is 0.338 e. The molecule has 0 aliphatic heterocycles. The van der Waals surface area contributed by atoms with Gasteiger partial charge in [0.1, 0.15) is 5.75 Å². The van der Waals surface area contributed by atoms with Gasteiger partial charge in [0, 0.05) is 24.4 Å². The number of rotatable bonds is 6. The van der Waals surface area contributed by atoms with E-state index in [0.717, 1.165) is 11.6 Å². The fraction of sp³-hybridized carbons (Fsp3) is 0.133. The number of nitro groups is 1. The Bertz CT molecular complexity index is 698. The van der Waals surface area contributed by atoms with Crippen LogP contribution in [0, 0.1) is 10.1 Å². The van der Waals surface area contributed by atoms with Crippen LogP contribution in [0.2, 0.25) is 0 Å². The number of phenols is 1. The van der Waals surface area contributed by atoms with Crippen molar-refractivity contribution < 1.29 is 19.9 Å². The molecule has 2 aromatic rings. The highest BCUT2D eigenvalue weighted by molar-refractivity contribution is 5.95. The van der Waals surface area contributed by atoms with E-state index in [4.69, 9.17) is 5.11 Å². The van der Waals surface area contributed by atoms with Crippen molar-refractivity contribution in [1.82, 2.24) is 0 Å². The van der Waals surface area contributed by atoms with Gasteiger partial charge >= 0.3 is 5.97 Å². The molecule has 0 heterocycles. The summed E-state index contributed by atoms with van der Waals surface area (Å²) in [4.78, 5) is 21.2. The van der Waals surface area contributed by atoms with Crippen LogP contribution in [0.5, 0.6) is 5.75 Å². The summed E-state index contributed by atoms with van der Waals surface area (Å²) in [7, 11) is 0. The van der Waals surface area contributed by atoms with Crippen LogP contribution in [0.3, 0.4) is 0 Å². The third kappa shape index (κ3) is 3.72. The van der Waals surface area contributed by atoms with E-state index < -0.39 is 10.9 Å². The molecule has 0 unspecified atom stereocenters. The van der Waals surface area contributed by atoms with Crippen molar-refractivity contribution in [1.29, 1.82) is 0 Å². The summed E-state index contributed by atoms with van der Waals surface area (Å²) >= 11 is 0. The molecule has 7 nitrogen and oxygen atoms in total. The predicted molar refractivity (Wildman–Crippen MR) is 80.4 cm³/mol. The van der Waals surface area contributed by atoms with Crippen molar-refractivity contribution >= 4 is 17.3 Å². The number of carboxylic acids is 1. The molecule has 0 bridgehead atoms. The number of non-ortho nitro benzene ring substituents is 1. The molecule has 2 aromatic carbocycles. The van der Waals surface area contributed by atoms with Crippen molar-refractivity contribution in [3.63, 3.8) is 0 Å². The maximum atomic E-state index is 11.2. The third-order valence-electron chi connectivity index (χ3n) is 3.11. The number of aromatic hydroxyl groups is 1. The summed E-state index contributed by atoms with van der Waals surface area (Å²) in [5, 5.41) is 32.0. The molecule has 0 spiro atoms. The van der Waals surface area contributed by atoms with E-state index in [1.807, 2.05) is 0 Å². The number of aromatic carboxylic acids is 1. The highest BCUT2D eigenvalue weighted by Gasteiger charge is 2.15. The van der Waals surface area contributed by atoms with Crippen LogP contribution >= 0.6 is 0 Å². The van der Waals surface area contributed by atoms with Crippen molar-refractivity contribution in [2.24, 2.45) is 0 Å². The Hall–Kier alpha value is -3.09. The highest BCUT2D eigenvalue weighted by atomic mass is 16.6. The first kappa shape index (κ1) is 15.3. The van der Waals surface area contributed by atoms with Crippen LogP contribution in [0.1, 0.15) is 15.9 Å². The monoisotopic (exact) mass is 302 g/mol. The summed E-state index contributed by atoms with van der Waals surface area (Å²) in [5.74, 6) is -1.05. The van der Waals surface area contributed by atoms with Gasteiger partial charge in [0.25, 0.3) is 5.69 Å². The summed E-state index contributed by atoms with van der Waals surface area (Å²) in [6, 6.07) is 10.4. The molecule has 0 atom stereocenters. The minimum Gasteiger partial charge on any atom is -0.508 e. The van der Waals surface area contributed by atoms with Gasteiger partial charge in [-0.1, -0.05) is 12.1 Å². The molecule has 22 heavy (non-hydrogen) atoms. The number of anilines is 1. The van der Waals surface area contributed by atoms with Crippen LogP contribution in [-0.4, -0.2) is 27.7 Å². The average Bonchev–Trinajstić information content (AvgIpc) is 2.49. The molecule has 0 saturated carbocycles. The van der Waals surface area contributed by atoms with E-state index in [1.54, 1.807) is 24.3 Å². The Balaban J connectivity index is 2.07. The first-order chi connectivity index (χ1) is 10.5. The number of nitrogens with zero attached hydrogens (tertiary/aromatic N) is 1. The summed E-state index contributed by atoms with van der Waals surface area (Å²) in [6.07, 6.45) is 0.621. The van der Waals surface area contributed by atoms with Crippen LogP contribution in [-0.2, 0) is 6.42 Å². The summed E-state index contributed by atoms with van der Waals surface area (Å²) in [6.45, 7) is 0.461. The zero-order valence-corrected chi connectivity index (χ0v) is 11.5. The molecule has 3 N–H and O–H groups in total. The number of benzene rings is 2. The van der Waals surface area contributed by atoms with Gasteiger partial charge in [-0.15, -0.1) is 0 Å². The standard InChI is InChI=1S/C15H14N2O5/c18-12-4-1-10(2-5-12)7-8-16-14-6-3-11(17(21)22)9-13(14)15(19)20/h1-6,9,16,18H,7-8H2,(H,19,20). The summed E-state index contributed by atoms with van der Waals surface area (Å²) < 4.78 is 0. The van der Waals surface area contributed by atoms with E-state index in [2.05, 4.69) is 5.32 Å². The molecule has 114 valence electrons. The highest BCUT2D eigenvalue weighted by Crippen LogP contribution is 2.22. The minimum absolute atomic E-state index is 0.139. The first-order valence-electron chi connectivity index (χ1n) is 6.51. The number of hydrogen-bond acceptors (Lipinski definition) is 5. The SMILES string of the molecule is O=C(O)c1cc([N+](=O)[O-])ccc1NCCc1ccc(O)cc1. The molecule has 0 aromatic heterocycles. The second-order valence-electron chi connectivity index (χ2n) is 4.64. The molecule has 0 aliphatic rings. The second-order valence-corrected chi connectivity index (χ2v) is 4.64. The van der Waals surface area contributed by atoms with Crippen molar-refractivity contribution in [3.8, 4) is 5.75 Å². The van der Waals surface area contributed by atoms with Crippen LogP contribution in [0.25, 0.3) is 0 Å². The third-order valence-corrected chi connectivity index (χ3v) is 3.11. The molecule has 0 saturated heterocycles. The van der Waals surface area contributed by atoms with Gasteiger partial charge in [-0.25, -0.2) is 4.79 Å². The van der Waals surface area contributed by atoms with Crippen LogP contribution in [0.15, 0.2) is 42.5 Å². The van der Waals surface area contributed by atoms with Gasteiger partial charge in [-0.05, 0) is 30.2 Å². The zero-order valence-electron chi connectivity index (χ0n) is 11.5. The van der Waals surface area contributed by atoms with E-state index in [9.17, 15) is 20.0 Å². The van der Waals surface area contributed by atoms with Gasteiger partial charge < -0.3 is 15.5 Å². The number of carbonyl (C=O) groups is 1. The van der Waals surface area contributed by atoms with Crippen molar-refractivity contribution in [2.75, 3.05) is 11.9 Å². The Kier molecular flexibility index (Phi) is 4.57. The Morgan fingerprint density at radius 3 is 2.45 bits per heavy atom.